The van der Waals surface area contributed by atoms with E-state index in [2.05, 4.69) is 11.6 Å². The first kappa shape index (κ1) is 9.93. The molecule has 1 atom stereocenters. The van der Waals surface area contributed by atoms with E-state index in [-0.39, 0.29) is 6.04 Å². The molecule has 0 fully saturated rings. The molecule has 0 bridgehead atoms. The standard InChI is InChI=1S/C11H16N2/c1-2-3-11(12)5-4-10-6-8-13-9-7-10/h2,6-9,11H,1,3-5,12H2. The first-order valence-electron chi connectivity index (χ1n) is 4.58. The van der Waals surface area contributed by atoms with Gasteiger partial charge < -0.3 is 5.73 Å². The fraction of sp³-hybridized carbons (Fsp3) is 0.364. The third-order valence-corrected chi connectivity index (χ3v) is 2.02. The lowest BCUT2D eigenvalue weighted by Gasteiger charge is -2.07. The van der Waals surface area contributed by atoms with E-state index in [4.69, 9.17) is 5.73 Å². The molecule has 0 spiro atoms. The van der Waals surface area contributed by atoms with Crippen LogP contribution in [0.2, 0.25) is 0 Å². The van der Waals surface area contributed by atoms with Crippen LogP contribution in [0.15, 0.2) is 37.2 Å². The van der Waals surface area contributed by atoms with Crippen molar-refractivity contribution in [3.05, 3.63) is 42.7 Å². The van der Waals surface area contributed by atoms with E-state index in [1.807, 2.05) is 30.6 Å². The summed E-state index contributed by atoms with van der Waals surface area (Å²) in [4.78, 5) is 3.96. The molecular weight excluding hydrogens is 160 g/mol. The molecule has 1 rings (SSSR count). The van der Waals surface area contributed by atoms with Crippen molar-refractivity contribution in [3.8, 4) is 0 Å². The Kier molecular flexibility index (Phi) is 4.19. The zero-order valence-electron chi connectivity index (χ0n) is 7.82. The first-order valence-corrected chi connectivity index (χ1v) is 4.58. The van der Waals surface area contributed by atoms with E-state index >= 15 is 0 Å². The minimum atomic E-state index is 0.241. The molecule has 2 nitrogen and oxygen atoms in total. The number of rotatable bonds is 5. The van der Waals surface area contributed by atoms with E-state index in [0.29, 0.717) is 0 Å². The smallest absolute Gasteiger partial charge is 0.0270 e. The molecule has 0 saturated carbocycles. The van der Waals surface area contributed by atoms with Crippen molar-refractivity contribution in [1.29, 1.82) is 0 Å². The maximum absolute atomic E-state index is 5.85. The van der Waals surface area contributed by atoms with Crippen molar-refractivity contribution in [3.63, 3.8) is 0 Å². The highest BCUT2D eigenvalue weighted by Gasteiger charge is 1.99. The Morgan fingerprint density at radius 1 is 1.46 bits per heavy atom. The largest absolute Gasteiger partial charge is 0.327 e. The van der Waals surface area contributed by atoms with Gasteiger partial charge in [-0.1, -0.05) is 6.08 Å². The Balaban J connectivity index is 2.30. The molecule has 1 aromatic heterocycles. The molecule has 0 amide bonds. The molecule has 0 saturated heterocycles. The monoisotopic (exact) mass is 176 g/mol. The molecule has 70 valence electrons. The highest BCUT2D eigenvalue weighted by Crippen LogP contribution is 2.04. The Hall–Kier alpha value is -1.15. The van der Waals surface area contributed by atoms with Crippen LogP contribution in [-0.2, 0) is 6.42 Å². The number of hydrogen-bond acceptors (Lipinski definition) is 2. The number of nitrogens with two attached hydrogens (primary N) is 1. The molecule has 1 unspecified atom stereocenters. The van der Waals surface area contributed by atoms with Crippen molar-refractivity contribution in [2.45, 2.75) is 25.3 Å². The normalized spacial score (nSPS) is 12.4. The first-order chi connectivity index (χ1) is 6.33. The third-order valence-electron chi connectivity index (χ3n) is 2.02. The molecule has 2 N–H and O–H groups in total. The molecule has 13 heavy (non-hydrogen) atoms. The molecular formula is C11H16N2. The minimum Gasteiger partial charge on any atom is -0.327 e. The van der Waals surface area contributed by atoms with Crippen LogP contribution in [0.4, 0.5) is 0 Å². The Morgan fingerprint density at radius 3 is 2.77 bits per heavy atom. The van der Waals surface area contributed by atoms with Gasteiger partial charge >= 0.3 is 0 Å². The number of hydrogen-bond donors (Lipinski definition) is 1. The van der Waals surface area contributed by atoms with Crippen LogP contribution in [0.25, 0.3) is 0 Å². The van der Waals surface area contributed by atoms with Crippen LogP contribution in [0.3, 0.4) is 0 Å². The van der Waals surface area contributed by atoms with Gasteiger partial charge in [0.25, 0.3) is 0 Å². The van der Waals surface area contributed by atoms with Gasteiger partial charge in [0.05, 0.1) is 0 Å². The van der Waals surface area contributed by atoms with Crippen LogP contribution >= 0.6 is 0 Å². The van der Waals surface area contributed by atoms with Crippen LogP contribution in [0, 0.1) is 0 Å². The average molecular weight is 176 g/mol. The van der Waals surface area contributed by atoms with Crippen molar-refractivity contribution < 1.29 is 0 Å². The fourth-order valence-electron chi connectivity index (χ4n) is 1.23. The summed E-state index contributed by atoms with van der Waals surface area (Å²) in [5, 5.41) is 0. The number of pyridine rings is 1. The summed E-state index contributed by atoms with van der Waals surface area (Å²) in [6.07, 6.45) is 8.43. The lowest BCUT2D eigenvalue weighted by molar-refractivity contribution is 0.621. The molecule has 0 aliphatic rings. The average Bonchev–Trinajstić information content (AvgIpc) is 2.17. The minimum absolute atomic E-state index is 0.241. The summed E-state index contributed by atoms with van der Waals surface area (Å²) in [6, 6.07) is 4.30. The summed E-state index contributed by atoms with van der Waals surface area (Å²) in [5.41, 5.74) is 7.15. The summed E-state index contributed by atoms with van der Waals surface area (Å²) in [7, 11) is 0. The summed E-state index contributed by atoms with van der Waals surface area (Å²) < 4.78 is 0. The molecule has 2 heteroatoms. The van der Waals surface area contributed by atoms with Crippen molar-refractivity contribution in [2.75, 3.05) is 0 Å². The Morgan fingerprint density at radius 2 is 2.15 bits per heavy atom. The second kappa shape index (κ2) is 5.49. The van der Waals surface area contributed by atoms with Gasteiger partial charge in [-0.15, -0.1) is 6.58 Å². The second-order valence-corrected chi connectivity index (χ2v) is 3.18. The fourth-order valence-corrected chi connectivity index (χ4v) is 1.23. The number of nitrogens with zero attached hydrogens (tertiary/aromatic N) is 1. The highest BCUT2D eigenvalue weighted by molar-refractivity contribution is 5.09. The van der Waals surface area contributed by atoms with Crippen LogP contribution in [0.1, 0.15) is 18.4 Å². The lowest BCUT2D eigenvalue weighted by atomic mass is 10.0. The van der Waals surface area contributed by atoms with E-state index in [0.717, 1.165) is 19.3 Å². The van der Waals surface area contributed by atoms with Crippen LogP contribution in [-0.4, -0.2) is 11.0 Å². The predicted molar refractivity (Wildman–Crippen MR) is 55.3 cm³/mol. The molecule has 0 aliphatic heterocycles. The highest BCUT2D eigenvalue weighted by atomic mass is 14.6. The van der Waals surface area contributed by atoms with E-state index in [1.165, 1.54) is 5.56 Å². The van der Waals surface area contributed by atoms with E-state index in [1.54, 1.807) is 0 Å². The molecule has 1 heterocycles. The van der Waals surface area contributed by atoms with E-state index in [9.17, 15) is 0 Å². The zero-order chi connectivity index (χ0) is 9.52. The molecule has 0 aromatic carbocycles. The summed E-state index contributed by atoms with van der Waals surface area (Å²) >= 11 is 0. The maximum Gasteiger partial charge on any atom is 0.0270 e. The van der Waals surface area contributed by atoms with Gasteiger partial charge in [0.2, 0.25) is 0 Å². The van der Waals surface area contributed by atoms with Gasteiger partial charge in [-0.05, 0) is 37.0 Å². The Bertz CT molecular complexity index is 244. The topological polar surface area (TPSA) is 38.9 Å². The van der Waals surface area contributed by atoms with Crippen molar-refractivity contribution in [2.24, 2.45) is 5.73 Å². The van der Waals surface area contributed by atoms with Gasteiger partial charge in [-0.25, -0.2) is 0 Å². The summed E-state index contributed by atoms with van der Waals surface area (Å²) in [5.74, 6) is 0. The SMILES string of the molecule is C=CCC(N)CCc1ccncc1. The maximum atomic E-state index is 5.85. The molecule has 1 aromatic rings. The van der Waals surface area contributed by atoms with Gasteiger partial charge in [-0.3, -0.25) is 4.98 Å². The molecule has 0 radical (unpaired) electrons. The number of aromatic nitrogens is 1. The zero-order valence-corrected chi connectivity index (χ0v) is 7.82. The third kappa shape index (κ3) is 3.85. The quantitative estimate of drug-likeness (QED) is 0.696. The van der Waals surface area contributed by atoms with Gasteiger partial charge in [0.1, 0.15) is 0 Å². The lowest BCUT2D eigenvalue weighted by Crippen LogP contribution is -2.19. The summed E-state index contributed by atoms with van der Waals surface area (Å²) in [6.45, 7) is 3.67. The van der Waals surface area contributed by atoms with Gasteiger partial charge in [0.15, 0.2) is 0 Å². The van der Waals surface area contributed by atoms with Gasteiger partial charge in [-0.2, -0.15) is 0 Å². The second-order valence-electron chi connectivity index (χ2n) is 3.18. The van der Waals surface area contributed by atoms with Crippen LogP contribution < -0.4 is 5.73 Å². The van der Waals surface area contributed by atoms with Crippen LogP contribution in [0.5, 0.6) is 0 Å². The molecule has 0 aliphatic carbocycles. The Labute approximate surface area is 79.5 Å². The van der Waals surface area contributed by atoms with E-state index < -0.39 is 0 Å². The van der Waals surface area contributed by atoms with Crippen molar-refractivity contribution >= 4 is 0 Å². The number of aryl methyl sites for hydroxylation is 1. The predicted octanol–water partition coefficient (Wildman–Crippen LogP) is 1.92. The van der Waals surface area contributed by atoms with Gasteiger partial charge in [0, 0.05) is 18.4 Å². The van der Waals surface area contributed by atoms with Crippen molar-refractivity contribution in [1.82, 2.24) is 4.98 Å².